The molecule has 1 fully saturated rings. The second-order valence-electron chi connectivity index (χ2n) is 6.15. The molecule has 0 bridgehead atoms. The molecule has 1 aliphatic rings. The van der Waals surface area contributed by atoms with Gasteiger partial charge in [0.1, 0.15) is 10.7 Å². The molecule has 1 amide bonds. The molecule has 0 spiro atoms. The van der Waals surface area contributed by atoms with Crippen molar-refractivity contribution in [1.29, 1.82) is 0 Å². The van der Waals surface area contributed by atoms with Gasteiger partial charge in [0.25, 0.3) is 5.91 Å². The fourth-order valence-corrected chi connectivity index (χ4v) is 4.07. The van der Waals surface area contributed by atoms with Crippen molar-refractivity contribution < 1.29 is 9.21 Å². The van der Waals surface area contributed by atoms with Gasteiger partial charge in [-0.3, -0.25) is 9.69 Å². The van der Waals surface area contributed by atoms with E-state index in [4.69, 9.17) is 16.0 Å². The van der Waals surface area contributed by atoms with Crippen molar-refractivity contribution in [3.8, 4) is 11.5 Å². The van der Waals surface area contributed by atoms with E-state index in [1.807, 2.05) is 34.5 Å². The van der Waals surface area contributed by atoms with Gasteiger partial charge >= 0.3 is 0 Å². The van der Waals surface area contributed by atoms with Crippen LogP contribution >= 0.6 is 22.9 Å². The Balaban J connectivity index is 1.34. The van der Waals surface area contributed by atoms with E-state index in [2.05, 4.69) is 9.88 Å². The molecule has 134 valence electrons. The quantitative estimate of drug-likeness (QED) is 0.678. The van der Waals surface area contributed by atoms with Crippen molar-refractivity contribution in [2.24, 2.45) is 0 Å². The number of aromatic nitrogens is 1. The lowest BCUT2D eigenvalue weighted by molar-refractivity contribution is 0.0628. The largest absolute Gasteiger partial charge is 0.463 e. The number of amides is 1. The van der Waals surface area contributed by atoms with Gasteiger partial charge in [0.05, 0.1) is 23.4 Å². The SMILES string of the molecule is O=C(c1ccccc1Cl)N1CCN(Cc2nc(-c3ccco3)cs2)CC1. The van der Waals surface area contributed by atoms with E-state index < -0.39 is 0 Å². The first kappa shape index (κ1) is 17.3. The number of hydrogen-bond acceptors (Lipinski definition) is 5. The lowest BCUT2D eigenvalue weighted by Crippen LogP contribution is -2.48. The molecule has 4 rings (SSSR count). The minimum Gasteiger partial charge on any atom is -0.463 e. The standard InChI is InChI=1S/C19H18ClN3O2S/c20-15-5-2-1-4-14(15)19(24)23-9-7-22(8-10-23)12-18-21-16(13-26-18)17-6-3-11-25-17/h1-6,11,13H,7-10,12H2. The molecule has 1 aliphatic heterocycles. The molecule has 1 saturated heterocycles. The second-order valence-corrected chi connectivity index (χ2v) is 7.50. The van der Waals surface area contributed by atoms with E-state index in [1.54, 1.807) is 29.7 Å². The number of piperazine rings is 1. The van der Waals surface area contributed by atoms with Crippen molar-refractivity contribution in [3.63, 3.8) is 0 Å². The molecule has 3 aromatic rings. The number of nitrogens with zero attached hydrogens (tertiary/aromatic N) is 3. The highest BCUT2D eigenvalue weighted by Gasteiger charge is 2.24. The molecular formula is C19H18ClN3O2S. The van der Waals surface area contributed by atoms with Gasteiger partial charge in [0, 0.05) is 31.6 Å². The molecule has 2 aromatic heterocycles. The van der Waals surface area contributed by atoms with Crippen LogP contribution < -0.4 is 0 Å². The highest BCUT2D eigenvalue weighted by Crippen LogP contribution is 2.23. The minimum atomic E-state index is 0.00426. The summed E-state index contributed by atoms with van der Waals surface area (Å²) < 4.78 is 5.39. The van der Waals surface area contributed by atoms with Crippen molar-refractivity contribution in [2.45, 2.75) is 6.54 Å². The number of halogens is 1. The summed E-state index contributed by atoms with van der Waals surface area (Å²) in [4.78, 5) is 21.5. The third kappa shape index (κ3) is 3.67. The van der Waals surface area contributed by atoms with Gasteiger partial charge in [-0.25, -0.2) is 4.98 Å². The Morgan fingerprint density at radius 1 is 1.15 bits per heavy atom. The number of furan rings is 1. The topological polar surface area (TPSA) is 49.6 Å². The molecule has 0 radical (unpaired) electrons. The highest BCUT2D eigenvalue weighted by atomic mass is 35.5. The maximum absolute atomic E-state index is 12.6. The van der Waals surface area contributed by atoms with Crippen LogP contribution in [-0.4, -0.2) is 46.9 Å². The van der Waals surface area contributed by atoms with E-state index in [0.717, 1.165) is 36.1 Å². The Morgan fingerprint density at radius 3 is 2.69 bits per heavy atom. The molecular weight excluding hydrogens is 370 g/mol. The summed E-state index contributed by atoms with van der Waals surface area (Å²) in [6.45, 7) is 3.83. The van der Waals surface area contributed by atoms with E-state index in [9.17, 15) is 4.79 Å². The molecule has 0 unspecified atom stereocenters. The van der Waals surface area contributed by atoms with Crippen molar-refractivity contribution in [3.05, 3.63) is 63.6 Å². The summed E-state index contributed by atoms with van der Waals surface area (Å²) >= 11 is 7.78. The van der Waals surface area contributed by atoms with Crippen molar-refractivity contribution in [1.82, 2.24) is 14.8 Å². The predicted octanol–water partition coefficient (Wildman–Crippen LogP) is 4.01. The summed E-state index contributed by atoms with van der Waals surface area (Å²) in [7, 11) is 0. The fraction of sp³-hybridized carbons (Fsp3) is 0.263. The van der Waals surface area contributed by atoms with Crippen molar-refractivity contribution >= 4 is 28.8 Å². The summed E-state index contributed by atoms with van der Waals surface area (Å²) in [5, 5.41) is 3.58. The van der Waals surface area contributed by atoms with Gasteiger partial charge in [-0.2, -0.15) is 0 Å². The van der Waals surface area contributed by atoms with Crippen LogP contribution in [0.15, 0.2) is 52.5 Å². The van der Waals surface area contributed by atoms with Crippen LogP contribution in [0.2, 0.25) is 5.02 Å². The van der Waals surface area contributed by atoms with Gasteiger partial charge in [0.15, 0.2) is 5.76 Å². The third-order valence-corrected chi connectivity index (χ3v) is 5.61. The number of thiazole rings is 1. The number of rotatable bonds is 4. The zero-order chi connectivity index (χ0) is 17.9. The van der Waals surface area contributed by atoms with E-state index >= 15 is 0 Å². The van der Waals surface area contributed by atoms with Gasteiger partial charge in [-0.1, -0.05) is 23.7 Å². The summed E-state index contributed by atoms with van der Waals surface area (Å²) in [6.07, 6.45) is 1.66. The Kier molecular flexibility index (Phi) is 5.06. The lowest BCUT2D eigenvalue weighted by atomic mass is 10.2. The second kappa shape index (κ2) is 7.61. The Labute approximate surface area is 160 Å². The first-order chi connectivity index (χ1) is 12.7. The molecule has 1 aromatic carbocycles. The molecule has 0 atom stereocenters. The van der Waals surface area contributed by atoms with Crippen LogP contribution in [0, 0.1) is 0 Å². The highest BCUT2D eigenvalue weighted by molar-refractivity contribution is 7.09. The summed E-state index contributed by atoms with van der Waals surface area (Å²) in [5.41, 5.74) is 1.45. The van der Waals surface area contributed by atoms with E-state index in [0.29, 0.717) is 23.7 Å². The van der Waals surface area contributed by atoms with Crippen LogP contribution in [0.25, 0.3) is 11.5 Å². The zero-order valence-corrected chi connectivity index (χ0v) is 15.7. The van der Waals surface area contributed by atoms with E-state index in [-0.39, 0.29) is 5.91 Å². The van der Waals surface area contributed by atoms with Gasteiger partial charge in [0.2, 0.25) is 0 Å². The Hall–Kier alpha value is -2.15. The molecule has 0 aliphatic carbocycles. The molecule has 0 N–H and O–H groups in total. The third-order valence-electron chi connectivity index (χ3n) is 4.45. The minimum absolute atomic E-state index is 0.00426. The van der Waals surface area contributed by atoms with Gasteiger partial charge < -0.3 is 9.32 Å². The maximum Gasteiger partial charge on any atom is 0.255 e. The molecule has 3 heterocycles. The average molecular weight is 388 g/mol. The summed E-state index contributed by atoms with van der Waals surface area (Å²) in [6, 6.07) is 11.0. The first-order valence-corrected chi connectivity index (χ1v) is 9.71. The predicted molar refractivity (Wildman–Crippen MR) is 102 cm³/mol. The first-order valence-electron chi connectivity index (χ1n) is 8.45. The molecule has 0 saturated carbocycles. The average Bonchev–Trinajstić information content (AvgIpc) is 3.34. The molecule has 26 heavy (non-hydrogen) atoms. The zero-order valence-electron chi connectivity index (χ0n) is 14.1. The Morgan fingerprint density at radius 2 is 1.96 bits per heavy atom. The smallest absolute Gasteiger partial charge is 0.255 e. The number of carbonyl (C=O) groups is 1. The Bertz CT molecular complexity index is 886. The maximum atomic E-state index is 12.6. The number of hydrogen-bond donors (Lipinski definition) is 0. The summed E-state index contributed by atoms with van der Waals surface area (Å²) in [5.74, 6) is 0.798. The fourth-order valence-electron chi connectivity index (χ4n) is 3.03. The molecule has 5 nitrogen and oxygen atoms in total. The van der Waals surface area contributed by atoms with Gasteiger partial charge in [-0.05, 0) is 24.3 Å². The van der Waals surface area contributed by atoms with Crippen molar-refractivity contribution in [2.75, 3.05) is 26.2 Å². The van der Waals surface area contributed by atoms with Crippen LogP contribution in [0.1, 0.15) is 15.4 Å². The monoisotopic (exact) mass is 387 g/mol. The van der Waals surface area contributed by atoms with Gasteiger partial charge in [-0.15, -0.1) is 11.3 Å². The number of benzene rings is 1. The lowest BCUT2D eigenvalue weighted by Gasteiger charge is -2.34. The van der Waals surface area contributed by atoms with Crippen LogP contribution in [0.5, 0.6) is 0 Å². The van der Waals surface area contributed by atoms with E-state index in [1.165, 1.54) is 0 Å². The van der Waals surface area contributed by atoms with Crippen LogP contribution in [0.3, 0.4) is 0 Å². The number of carbonyl (C=O) groups excluding carboxylic acids is 1. The van der Waals surface area contributed by atoms with Crippen LogP contribution in [0.4, 0.5) is 0 Å². The molecule has 7 heteroatoms. The van der Waals surface area contributed by atoms with Crippen LogP contribution in [-0.2, 0) is 6.54 Å². The normalized spacial score (nSPS) is 15.3.